The third kappa shape index (κ3) is 4.29. The van der Waals surface area contributed by atoms with Crippen LogP contribution in [0.1, 0.15) is 5.56 Å². The lowest BCUT2D eigenvalue weighted by Gasteiger charge is -2.12. The topological polar surface area (TPSA) is 50.4 Å². The number of methoxy groups -OCH3 is 1. The van der Waals surface area contributed by atoms with Gasteiger partial charge in [-0.25, -0.2) is 0 Å². The summed E-state index contributed by atoms with van der Waals surface area (Å²) in [5, 5.41) is 6.64. The van der Waals surface area contributed by atoms with Crippen LogP contribution in [0.25, 0.3) is 0 Å². The molecule has 0 atom stereocenters. The summed E-state index contributed by atoms with van der Waals surface area (Å²) in [5.41, 5.74) is 2.44. The molecule has 2 aromatic carbocycles. The van der Waals surface area contributed by atoms with Crippen LogP contribution in [0.5, 0.6) is 5.75 Å². The van der Waals surface area contributed by atoms with Crippen molar-refractivity contribution in [2.75, 3.05) is 24.3 Å². The first-order valence-electron chi connectivity index (χ1n) is 6.63. The first-order valence-corrected chi connectivity index (χ1v) is 7.38. The summed E-state index contributed by atoms with van der Waals surface area (Å²) in [4.78, 5) is 12.0. The smallest absolute Gasteiger partial charge is 0.243 e. The van der Waals surface area contributed by atoms with Gasteiger partial charge in [-0.05, 0) is 42.8 Å². The van der Waals surface area contributed by atoms with E-state index in [9.17, 15) is 4.79 Å². The highest BCUT2D eigenvalue weighted by atomic mass is 35.5. The number of ether oxygens (including phenoxy) is 1. The third-order valence-corrected chi connectivity index (χ3v) is 3.74. The molecule has 0 bridgehead atoms. The summed E-state index contributed by atoms with van der Waals surface area (Å²) in [6, 6.07) is 10.7. The molecule has 2 rings (SSSR count). The standard InChI is InChI=1S/C16H16Cl2N2O2/c1-10-3-6-15(22-2)14(7-10)19-9-16(21)20-11-4-5-12(17)13(18)8-11/h3-8,19H,9H2,1-2H3,(H,20,21). The lowest BCUT2D eigenvalue weighted by Crippen LogP contribution is -2.22. The molecule has 0 aromatic heterocycles. The highest BCUT2D eigenvalue weighted by Gasteiger charge is 2.07. The second-order valence-electron chi connectivity index (χ2n) is 4.73. The van der Waals surface area contributed by atoms with E-state index in [4.69, 9.17) is 27.9 Å². The van der Waals surface area contributed by atoms with Crippen molar-refractivity contribution in [2.24, 2.45) is 0 Å². The molecule has 0 fully saturated rings. The Bertz CT molecular complexity index is 690. The number of anilines is 2. The molecule has 0 aliphatic heterocycles. The van der Waals surface area contributed by atoms with Crippen LogP contribution in [0.15, 0.2) is 36.4 Å². The molecule has 0 spiro atoms. The van der Waals surface area contributed by atoms with E-state index in [1.807, 2.05) is 25.1 Å². The summed E-state index contributed by atoms with van der Waals surface area (Å²) in [6.07, 6.45) is 0. The van der Waals surface area contributed by atoms with Crippen LogP contribution in [0, 0.1) is 6.92 Å². The number of rotatable bonds is 5. The number of hydrogen-bond donors (Lipinski definition) is 2. The van der Waals surface area contributed by atoms with Gasteiger partial charge in [0.1, 0.15) is 5.75 Å². The van der Waals surface area contributed by atoms with E-state index in [0.717, 1.165) is 11.3 Å². The first kappa shape index (κ1) is 16.5. The number of aryl methyl sites for hydroxylation is 1. The van der Waals surface area contributed by atoms with Crippen molar-refractivity contribution in [3.8, 4) is 5.75 Å². The minimum Gasteiger partial charge on any atom is -0.495 e. The quantitative estimate of drug-likeness (QED) is 0.851. The van der Waals surface area contributed by atoms with E-state index in [2.05, 4.69) is 10.6 Å². The molecular formula is C16H16Cl2N2O2. The van der Waals surface area contributed by atoms with Gasteiger partial charge in [-0.15, -0.1) is 0 Å². The predicted molar refractivity (Wildman–Crippen MR) is 91.3 cm³/mol. The maximum atomic E-state index is 12.0. The number of amides is 1. The molecule has 4 nitrogen and oxygen atoms in total. The van der Waals surface area contributed by atoms with E-state index in [0.29, 0.717) is 21.5 Å². The fourth-order valence-corrected chi connectivity index (χ4v) is 2.21. The first-order chi connectivity index (χ1) is 10.5. The Labute approximate surface area is 139 Å². The van der Waals surface area contributed by atoms with Gasteiger partial charge < -0.3 is 15.4 Å². The SMILES string of the molecule is COc1ccc(C)cc1NCC(=O)Nc1ccc(Cl)c(Cl)c1. The van der Waals surface area contributed by atoms with Gasteiger partial charge in [0.25, 0.3) is 0 Å². The molecule has 0 saturated carbocycles. The van der Waals surface area contributed by atoms with Gasteiger partial charge in [0.15, 0.2) is 0 Å². The van der Waals surface area contributed by atoms with Crippen molar-refractivity contribution in [1.29, 1.82) is 0 Å². The van der Waals surface area contributed by atoms with Crippen LogP contribution in [-0.4, -0.2) is 19.6 Å². The molecule has 0 radical (unpaired) electrons. The average Bonchev–Trinajstić information content (AvgIpc) is 2.49. The van der Waals surface area contributed by atoms with E-state index in [-0.39, 0.29) is 12.5 Å². The second-order valence-corrected chi connectivity index (χ2v) is 5.55. The molecule has 116 valence electrons. The minimum absolute atomic E-state index is 0.111. The molecule has 1 amide bonds. The Kier molecular flexibility index (Phi) is 5.52. The molecule has 2 aromatic rings. The molecule has 2 N–H and O–H groups in total. The summed E-state index contributed by atoms with van der Waals surface area (Å²) in [5.74, 6) is 0.495. The average molecular weight is 339 g/mol. The third-order valence-electron chi connectivity index (χ3n) is 3.00. The van der Waals surface area contributed by atoms with Crippen LogP contribution in [0.2, 0.25) is 10.0 Å². The van der Waals surface area contributed by atoms with Crippen LogP contribution < -0.4 is 15.4 Å². The van der Waals surface area contributed by atoms with Crippen molar-refractivity contribution < 1.29 is 9.53 Å². The monoisotopic (exact) mass is 338 g/mol. The largest absolute Gasteiger partial charge is 0.495 e. The fraction of sp³-hybridized carbons (Fsp3) is 0.188. The Morgan fingerprint density at radius 2 is 1.91 bits per heavy atom. The zero-order chi connectivity index (χ0) is 16.1. The molecule has 0 saturated heterocycles. The number of nitrogens with one attached hydrogen (secondary N) is 2. The van der Waals surface area contributed by atoms with Crippen LogP contribution in [-0.2, 0) is 4.79 Å². The van der Waals surface area contributed by atoms with Gasteiger partial charge in [0, 0.05) is 5.69 Å². The maximum Gasteiger partial charge on any atom is 0.243 e. The molecule has 0 unspecified atom stereocenters. The predicted octanol–water partition coefficient (Wildman–Crippen LogP) is 4.36. The second kappa shape index (κ2) is 7.38. The van der Waals surface area contributed by atoms with E-state index in [1.54, 1.807) is 25.3 Å². The van der Waals surface area contributed by atoms with Crippen molar-refractivity contribution in [1.82, 2.24) is 0 Å². The number of carbonyl (C=O) groups excluding carboxylic acids is 1. The van der Waals surface area contributed by atoms with Gasteiger partial charge in [-0.2, -0.15) is 0 Å². The molecule has 22 heavy (non-hydrogen) atoms. The van der Waals surface area contributed by atoms with Crippen molar-refractivity contribution >= 4 is 40.5 Å². The Morgan fingerprint density at radius 3 is 2.59 bits per heavy atom. The number of carbonyl (C=O) groups is 1. The lowest BCUT2D eigenvalue weighted by molar-refractivity contribution is -0.114. The van der Waals surface area contributed by atoms with E-state index in [1.165, 1.54) is 0 Å². The van der Waals surface area contributed by atoms with Gasteiger partial charge in [-0.3, -0.25) is 4.79 Å². The minimum atomic E-state index is -0.193. The molecule has 6 heteroatoms. The van der Waals surface area contributed by atoms with E-state index >= 15 is 0 Å². The van der Waals surface area contributed by atoms with Crippen LogP contribution in [0.4, 0.5) is 11.4 Å². The van der Waals surface area contributed by atoms with Crippen molar-refractivity contribution in [2.45, 2.75) is 6.92 Å². The van der Waals surface area contributed by atoms with Gasteiger partial charge in [0.05, 0.1) is 29.4 Å². The molecule has 0 aliphatic carbocycles. The molecular weight excluding hydrogens is 323 g/mol. The highest BCUT2D eigenvalue weighted by Crippen LogP contribution is 2.26. The highest BCUT2D eigenvalue weighted by molar-refractivity contribution is 6.42. The van der Waals surface area contributed by atoms with Crippen molar-refractivity contribution in [3.05, 3.63) is 52.0 Å². The summed E-state index contributed by atoms with van der Waals surface area (Å²) in [7, 11) is 1.59. The lowest BCUT2D eigenvalue weighted by atomic mass is 10.2. The Balaban J connectivity index is 1.98. The van der Waals surface area contributed by atoms with Gasteiger partial charge in [0.2, 0.25) is 5.91 Å². The van der Waals surface area contributed by atoms with E-state index < -0.39 is 0 Å². The molecule has 0 aliphatic rings. The summed E-state index contributed by atoms with van der Waals surface area (Å²) >= 11 is 11.7. The Hall–Kier alpha value is -1.91. The Morgan fingerprint density at radius 1 is 1.14 bits per heavy atom. The summed E-state index contributed by atoms with van der Waals surface area (Å²) < 4.78 is 5.25. The van der Waals surface area contributed by atoms with Gasteiger partial charge >= 0.3 is 0 Å². The van der Waals surface area contributed by atoms with Crippen LogP contribution >= 0.6 is 23.2 Å². The molecule has 0 heterocycles. The maximum absolute atomic E-state index is 12.0. The zero-order valence-electron chi connectivity index (χ0n) is 12.2. The zero-order valence-corrected chi connectivity index (χ0v) is 13.8. The van der Waals surface area contributed by atoms with Crippen LogP contribution in [0.3, 0.4) is 0 Å². The van der Waals surface area contributed by atoms with Gasteiger partial charge in [-0.1, -0.05) is 29.3 Å². The summed E-state index contributed by atoms with van der Waals surface area (Å²) in [6.45, 7) is 2.08. The number of benzene rings is 2. The number of hydrogen-bond acceptors (Lipinski definition) is 3. The van der Waals surface area contributed by atoms with Crippen molar-refractivity contribution in [3.63, 3.8) is 0 Å². The number of halogens is 2. The normalized spacial score (nSPS) is 10.2. The fourth-order valence-electron chi connectivity index (χ4n) is 1.91.